The summed E-state index contributed by atoms with van der Waals surface area (Å²) in [5.74, 6) is 1.70. The van der Waals surface area contributed by atoms with Crippen molar-refractivity contribution < 1.29 is 18.1 Å². The van der Waals surface area contributed by atoms with E-state index < -0.39 is 9.84 Å². The van der Waals surface area contributed by atoms with Crippen molar-refractivity contribution >= 4 is 15.8 Å². The monoisotopic (exact) mass is 492 g/mol. The molecule has 8 nitrogen and oxygen atoms in total. The minimum atomic E-state index is -3.17. The van der Waals surface area contributed by atoms with Gasteiger partial charge >= 0.3 is 0 Å². The van der Waals surface area contributed by atoms with E-state index >= 15 is 0 Å². The molecule has 1 fully saturated rings. The van der Waals surface area contributed by atoms with Gasteiger partial charge in [0.05, 0.1) is 29.6 Å². The first-order valence-corrected chi connectivity index (χ1v) is 13.5. The molecule has 2 heterocycles. The average molecular weight is 493 g/mol. The summed E-state index contributed by atoms with van der Waals surface area (Å²) in [5, 5.41) is 12.6. The van der Waals surface area contributed by atoms with Gasteiger partial charge in [0.1, 0.15) is 12.3 Å². The summed E-state index contributed by atoms with van der Waals surface area (Å²) in [7, 11) is -3.17. The molecule has 0 saturated carbocycles. The molecule has 4 rings (SSSR count). The lowest BCUT2D eigenvalue weighted by atomic mass is 10.0. The predicted octanol–water partition coefficient (Wildman–Crippen LogP) is 2.82. The van der Waals surface area contributed by atoms with Gasteiger partial charge in [0.15, 0.2) is 9.84 Å². The molecule has 0 bridgehead atoms. The Kier molecular flexibility index (Phi) is 7.34. The number of benzene rings is 2. The lowest BCUT2D eigenvalue weighted by Crippen LogP contribution is -3.12. The standard InChI is InChI=1S/C26H29N5O3S/c1-18-14-21(16-27)15-19(2)25(18)34-24-8-11-28-26(30-24)29-22-9-12-31(13-10-22)17-20-4-6-23(7-5-20)35(3,32)33/h4-8,11,14-15,22H,9-10,12-13,17H2,1-3H3,(H,28,29,30)/p+1. The number of aryl methyl sites for hydroxylation is 2. The van der Waals surface area contributed by atoms with Crippen LogP contribution < -0.4 is 15.0 Å². The fourth-order valence-electron chi connectivity index (χ4n) is 4.42. The third-order valence-corrected chi connectivity index (χ3v) is 7.39. The van der Waals surface area contributed by atoms with Crippen molar-refractivity contribution in [3.05, 3.63) is 70.9 Å². The van der Waals surface area contributed by atoms with Crippen LogP contribution in [0.2, 0.25) is 0 Å². The zero-order valence-corrected chi connectivity index (χ0v) is 21.0. The molecular weight excluding hydrogens is 462 g/mol. The summed E-state index contributed by atoms with van der Waals surface area (Å²) in [6.07, 6.45) is 4.88. The summed E-state index contributed by atoms with van der Waals surface area (Å²) in [4.78, 5) is 10.7. The smallest absolute Gasteiger partial charge is 0.226 e. The molecule has 1 aromatic heterocycles. The van der Waals surface area contributed by atoms with Gasteiger partial charge in [-0.3, -0.25) is 0 Å². The Hall–Kier alpha value is -3.48. The molecular formula is C26H30N5O3S+. The lowest BCUT2D eigenvalue weighted by molar-refractivity contribution is -0.918. The Morgan fingerprint density at radius 3 is 2.37 bits per heavy atom. The van der Waals surface area contributed by atoms with E-state index in [1.54, 1.807) is 36.5 Å². The molecule has 0 amide bonds. The second kappa shape index (κ2) is 10.4. The number of likely N-dealkylation sites (tertiary alicyclic amines) is 1. The van der Waals surface area contributed by atoms with Crippen molar-refractivity contribution in [3.63, 3.8) is 0 Å². The molecule has 1 aliphatic heterocycles. The molecule has 182 valence electrons. The van der Waals surface area contributed by atoms with Crippen molar-refractivity contribution in [2.45, 2.75) is 44.2 Å². The molecule has 0 atom stereocenters. The number of hydrogen-bond donors (Lipinski definition) is 2. The maximum Gasteiger partial charge on any atom is 0.226 e. The Morgan fingerprint density at radius 1 is 1.11 bits per heavy atom. The van der Waals surface area contributed by atoms with Gasteiger partial charge in [-0.05, 0) is 49.2 Å². The van der Waals surface area contributed by atoms with E-state index in [4.69, 9.17) is 10.00 Å². The van der Waals surface area contributed by atoms with Gasteiger partial charge in [-0.1, -0.05) is 12.1 Å². The fraction of sp³-hybridized carbons (Fsp3) is 0.346. The van der Waals surface area contributed by atoms with Crippen LogP contribution in [-0.4, -0.2) is 43.8 Å². The van der Waals surface area contributed by atoms with E-state index in [2.05, 4.69) is 21.4 Å². The molecule has 2 aromatic carbocycles. The van der Waals surface area contributed by atoms with Crippen molar-refractivity contribution in [1.29, 1.82) is 5.26 Å². The lowest BCUT2D eigenvalue weighted by Gasteiger charge is -2.29. The second-order valence-electron chi connectivity index (χ2n) is 9.13. The highest BCUT2D eigenvalue weighted by Gasteiger charge is 2.23. The highest BCUT2D eigenvalue weighted by atomic mass is 32.2. The van der Waals surface area contributed by atoms with Gasteiger partial charge in [-0.15, -0.1) is 0 Å². The van der Waals surface area contributed by atoms with Crippen LogP contribution in [0.5, 0.6) is 11.6 Å². The summed E-state index contributed by atoms with van der Waals surface area (Å²) < 4.78 is 29.3. The number of quaternary nitrogens is 1. The minimum Gasteiger partial charge on any atom is -0.438 e. The number of ether oxygens (including phenoxy) is 1. The summed E-state index contributed by atoms with van der Waals surface area (Å²) >= 11 is 0. The summed E-state index contributed by atoms with van der Waals surface area (Å²) in [6, 6.07) is 15.0. The SMILES string of the molecule is Cc1cc(C#N)cc(C)c1Oc1ccnc(NC2CC[NH+](Cc3ccc(S(C)(=O)=O)cc3)CC2)n1. The Balaban J connectivity index is 1.32. The topological polar surface area (TPSA) is 109 Å². The van der Waals surface area contributed by atoms with Crippen LogP contribution in [0, 0.1) is 25.2 Å². The van der Waals surface area contributed by atoms with Gasteiger partial charge < -0.3 is 15.0 Å². The van der Waals surface area contributed by atoms with E-state index in [1.807, 2.05) is 26.0 Å². The van der Waals surface area contributed by atoms with Gasteiger partial charge in [0.25, 0.3) is 0 Å². The summed E-state index contributed by atoms with van der Waals surface area (Å²) in [5.41, 5.74) is 3.52. The van der Waals surface area contributed by atoms with E-state index in [-0.39, 0.29) is 6.04 Å². The van der Waals surface area contributed by atoms with Gasteiger partial charge in [0.2, 0.25) is 11.8 Å². The van der Waals surface area contributed by atoms with Gasteiger partial charge in [-0.25, -0.2) is 13.4 Å². The zero-order valence-electron chi connectivity index (χ0n) is 20.2. The predicted molar refractivity (Wildman–Crippen MR) is 133 cm³/mol. The van der Waals surface area contributed by atoms with Gasteiger partial charge in [-0.2, -0.15) is 10.2 Å². The number of aromatic nitrogens is 2. The number of piperidine rings is 1. The number of nitrogens with zero attached hydrogens (tertiary/aromatic N) is 3. The Labute approximate surface area is 206 Å². The van der Waals surface area contributed by atoms with Crippen LogP contribution in [0.4, 0.5) is 5.95 Å². The van der Waals surface area contributed by atoms with E-state index in [1.165, 1.54) is 11.2 Å². The van der Waals surface area contributed by atoms with Gasteiger partial charge in [0, 0.05) is 43.0 Å². The number of rotatable bonds is 7. The van der Waals surface area contributed by atoms with Crippen LogP contribution in [-0.2, 0) is 16.4 Å². The third kappa shape index (κ3) is 6.35. The number of nitriles is 1. The molecule has 2 N–H and O–H groups in total. The van der Waals surface area contributed by atoms with Crippen molar-refractivity contribution in [3.8, 4) is 17.7 Å². The normalized spacial score (nSPS) is 18.0. The first-order chi connectivity index (χ1) is 16.7. The van der Waals surface area contributed by atoms with Crippen molar-refractivity contribution in [1.82, 2.24) is 9.97 Å². The zero-order chi connectivity index (χ0) is 25.0. The average Bonchev–Trinajstić information content (AvgIpc) is 2.82. The van der Waals surface area contributed by atoms with Crippen LogP contribution in [0.1, 0.15) is 35.1 Å². The Morgan fingerprint density at radius 2 is 1.77 bits per heavy atom. The molecule has 1 saturated heterocycles. The second-order valence-corrected chi connectivity index (χ2v) is 11.1. The fourth-order valence-corrected chi connectivity index (χ4v) is 5.05. The molecule has 1 aliphatic rings. The number of nitrogens with one attached hydrogen (secondary N) is 2. The largest absolute Gasteiger partial charge is 0.438 e. The number of anilines is 1. The van der Waals surface area contributed by atoms with Crippen LogP contribution >= 0.6 is 0 Å². The Bertz CT molecular complexity index is 1320. The first kappa shape index (κ1) is 24.6. The first-order valence-electron chi connectivity index (χ1n) is 11.6. The number of hydrogen-bond acceptors (Lipinski definition) is 7. The molecule has 3 aromatic rings. The highest BCUT2D eigenvalue weighted by molar-refractivity contribution is 7.90. The molecule has 35 heavy (non-hydrogen) atoms. The third-order valence-electron chi connectivity index (χ3n) is 6.26. The molecule has 0 unspecified atom stereocenters. The van der Waals surface area contributed by atoms with Crippen LogP contribution in [0.3, 0.4) is 0 Å². The molecule has 0 spiro atoms. The maximum absolute atomic E-state index is 11.6. The summed E-state index contributed by atoms with van der Waals surface area (Å²) in [6.45, 7) is 6.72. The number of sulfone groups is 1. The highest BCUT2D eigenvalue weighted by Crippen LogP contribution is 2.29. The molecule has 0 aliphatic carbocycles. The minimum absolute atomic E-state index is 0.278. The molecule has 9 heteroatoms. The van der Waals surface area contributed by atoms with Crippen molar-refractivity contribution in [2.24, 2.45) is 0 Å². The van der Waals surface area contributed by atoms with Crippen LogP contribution in [0.15, 0.2) is 53.6 Å². The quantitative estimate of drug-likeness (QED) is 0.522. The van der Waals surface area contributed by atoms with Crippen molar-refractivity contribution in [2.75, 3.05) is 24.7 Å². The molecule has 0 radical (unpaired) electrons. The van der Waals surface area contributed by atoms with Crippen LogP contribution in [0.25, 0.3) is 0 Å². The van der Waals surface area contributed by atoms with E-state index in [0.717, 1.165) is 49.2 Å². The maximum atomic E-state index is 11.6. The van der Waals surface area contributed by atoms with E-state index in [9.17, 15) is 8.42 Å². The van der Waals surface area contributed by atoms with E-state index in [0.29, 0.717) is 28.0 Å².